The number of benzene rings is 1. The van der Waals surface area contributed by atoms with Gasteiger partial charge in [0.05, 0.1) is 34.5 Å². The van der Waals surface area contributed by atoms with Crippen molar-refractivity contribution in [2.75, 3.05) is 10.6 Å². The Labute approximate surface area is 196 Å². The molecule has 35 heavy (non-hydrogen) atoms. The van der Waals surface area contributed by atoms with Gasteiger partial charge in [0.2, 0.25) is 11.8 Å². The molecule has 2 aliphatic heterocycles. The highest BCUT2D eigenvalue weighted by Crippen LogP contribution is 2.66. The fourth-order valence-electron chi connectivity index (χ4n) is 5.43. The van der Waals surface area contributed by atoms with E-state index in [2.05, 4.69) is 30.7 Å². The highest BCUT2D eigenvalue weighted by molar-refractivity contribution is 6.16. The molecular formula is C24H17F2N7O2. The summed E-state index contributed by atoms with van der Waals surface area (Å²) in [6.07, 6.45) is 2.28. The Morgan fingerprint density at radius 3 is 2.49 bits per heavy atom. The lowest BCUT2D eigenvalue weighted by molar-refractivity contribution is -0.132. The number of fused-ring (bicyclic) bond motifs is 2. The molecule has 4 aromatic rings. The third-order valence-electron chi connectivity index (χ3n) is 7.51. The van der Waals surface area contributed by atoms with Crippen LogP contribution in [0.25, 0.3) is 22.6 Å². The van der Waals surface area contributed by atoms with Crippen LogP contribution in [0.2, 0.25) is 0 Å². The van der Waals surface area contributed by atoms with E-state index in [1.807, 2.05) is 0 Å². The average molecular weight is 473 g/mol. The van der Waals surface area contributed by atoms with Gasteiger partial charge in [0.25, 0.3) is 0 Å². The minimum Gasteiger partial charge on any atom is -0.310 e. The average Bonchev–Trinajstić information content (AvgIpc) is 3.50. The van der Waals surface area contributed by atoms with Crippen molar-refractivity contribution in [3.63, 3.8) is 0 Å². The first-order valence-corrected chi connectivity index (χ1v) is 11.1. The van der Waals surface area contributed by atoms with E-state index in [0.29, 0.717) is 40.8 Å². The molecule has 2 amide bonds. The molecule has 9 nitrogen and oxygen atoms in total. The summed E-state index contributed by atoms with van der Waals surface area (Å²) in [5, 5.41) is 10.5. The summed E-state index contributed by atoms with van der Waals surface area (Å²) in [6.45, 7) is 1.80. The van der Waals surface area contributed by atoms with Crippen LogP contribution in [0.1, 0.15) is 30.9 Å². The van der Waals surface area contributed by atoms with E-state index in [-0.39, 0.29) is 35.7 Å². The van der Waals surface area contributed by atoms with Gasteiger partial charge in [0, 0.05) is 5.56 Å². The Morgan fingerprint density at radius 1 is 1.06 bits per heavy atom. The van der Waals surface area contributed by atoms with Gasteiger partial charge in [-0.2, -0.15) is 5.10 Å². The van der Waals surface area contributed by atoms with Crippen LogP contribution in [0.4, 0.5) is 20.4 Å². The molecule has 1 fully saturated rings. The number of carbonyl (C=O) groups is 2. The van der Waals surface area contributed by atoms with E-state index < -0.39 is 22.5 Å². The number of hydrogen-bond acceptors (Lipinski definition) is 6. The van der Waals surface area contributed by atoms with Gasteiger partial charge in [0.1, 0.15) is 29.0 Å². The van der Waals surface area contributed by atoms with Crippen LogP contribution in [-0.4, -0.2) is 36.5 Å². The van der Waals surface area contributed by atoms with Gasteiger partial charge in [-0.3, -0.25) is 9.59 Å². The van der Waals surface area contributed by atoms with Crippen molar-refractivity contribution in [1.29, 1.82) is 0 Å². The highest BCUT2D eigenvalue weighted by atomic mass is 19.1. The van der Waals surface area contributed by atoms with Crippen molar-refractivity contribution in [3.05, 3.63) is 59.3 Å². The first kappa shape index (κ1) is 20.1. The number of aromatic nitrogens is 5. The zero-order valence-corrected chi connectivity index (χ0v) is 18.4. The van der Waals surface area contributed by atoms with Crippen molar-refractivity contribution in [2.45, 2.75) is 31.7 Å². The van der Waals surface area contributed by atoms with Gasteiger partial charge < -0.3 is 10.6 Å². The summed E-state index contributed by atoms with van der Waals surface area (Å²) in [5.74, 6) is -0.925. The molecule has 0 radical (unpaired) electrons. The van der Waals surface area contributed by atoms with Crippen molar-refractivity contribution in [1.82, 2.24) is 24.7 Å². The van der Waals surface area contributed by atoms with Crippen LogP contribution < -0.4 is 10.6 Å². The van der Waals surface area contributed by atoms with E-state index in [1.54, 1.807) is 25.1 Å². The van der Waals surface area contributed by atoms with Crippen molar-refractivity contribution in [3.8, 4) is 11.5 Å². The largest absolute Gasteiger partial charge is 0.310 e. The molecule has 174 valence electrons. The smallest absolute Gasteiger partial charge is 0.237 e. The molecule has 5 heterocycles. The number of rotatable bonds is 3. The summed E-state index contributed by atoms with van der Waals surface area (Å²) in [4.78, 5) is 39.3. The van der Waals surface area contributed by atoms with Crippen molar-refractivity contribution >= 4 is 34.5 Å². The molecule has 0 unspecified atom stereocenters. The maximum Gasteiger partial charge on any atom is 0.237 e. The summed E-state index contributed by atoms with van der Waals surface area (Å²) < 4.78 is 30.0. The minimum atomic E-state index is -1.06. The molecule has 2 N–H and O–H groups in total. The molecule has 11 heteroatoms. The predicted octanol–water partition coefficient (Wildman–Crippen LogP) is 3.16. The fraction of sp³-hybridized carbons (Fsp3) is 0.250. The van der Waals surface area contributed by atoms with Crippen LogP contribution in [0.15, 0.2) is 36.5 Å². The maximum atomic E-state index is 14.3. The Morgan fingerprint density at radius 2 is 1.77 bits per heavy atom. The van der Waals surface area contributed by atoms with Crippen LogP contribution in [-0.2, 0) is 21.5 Å². The lowest BCUT2D eigenvalue weighted by atomic mass is 9.68. The number of nitrogens with zero attached hydrogens (tertiary/aromatic N) is 5. The molecule has 0 bridgehead atoms. The second-order valence-electron chi connectivity index (χ2n) is 9.36. The number of anilines is 2. The first-order chi connectivity index (χ1) is 16.8. The lowest BCUT2D eigenvalue weighted by Gasteiger charge is -2.36. The first-order valence-electron chi connectivity index (χ1n) is 11.1. The third-order valence-corrected chi connectivity index (χ3v) is 7.51. The topological polar surface area (TPSA) is 115 Å². The summed E-state index contributed by atoms with van der Waals surface area (Å²) >= 11 is 0. The van der Waals surface area contributed by atoms with E-state index in [4.69, 9.17) is 0 Å². The molecule has 1 saturated carbocycles. The van der Waals surface area contributed by atoms with Crippen LogP contribution in [0, 0.1) is 17.0 Å². The van der Waals surface area contributed by atoms with Gasteiger partial charge in [-0.1, -0.05) is 18.2 Å². The van der Waals surface area contributed by atoms with E-state index in [0.717, 1.165) is 6.20 Å². The Bertz CT molecular complexity index is 1630. The SMILES string of the molecule is C[C@]12C(=O)Nc3nc(-c4nn(Cc5ccccc5F)c5ncc(F)cc45)nc(c31)NC(=O)C21CC1. The minimum absolute atomic E-state index is 0.0493. The zero-order valence-electron chi connectivity index (χ0n) is 18.4. The fourth-order valence-corrected chi connectivity index (χ4v) is 5.43. The van der Waals surface area contributed by atoms with Crippen LogP contribution in [0.5, 0.6) is 0 Å². The molecule has 3 aromatic heterocycles. The number of pyridine rings is 1. The Hall–Kier alpha value is -4.28. The van der Waals surface area contributed by atoms with Gasteiger partial charge in [0.15, 0.2) is 11.5 Å². The molecule has 1 spiro atoms. The number of carbonyl (C=O) groups excluding carboxylic acids is 2. The number of nitrogens with one attached hydrogen (secondary N) is 2. The van der Waals surface area contributed by atoms with Gasteiger partial charge >= 0.3 is 0 Å². The summed E-state index contributed by atoms with van der Waals surface area (Å²) in [7, 11) is 0. The summed E-state index contributed by atoms with van der Waals surface area (Å²) in [6, 6.07) is 7.53. The Balaban J connectivity index is 1.42. The second kappa shape index (κ2) is 6.44. The predicted molar refractivity (Wildman–Crippen MR) is 120 cm³/mol. The van der Waals surface area contributed by atoms with Crippen molar-refractivity contribution in [2.24, 2.45) is 5.41 Å². The monoisotopic (exact) mass is 473 g/mol. The van der Waals surface area contributed by atoms with Crippen LogP contribution >= 0.6 is 0 Å². The molecule has 0 saturated heterocycles. The maximum absolute atomic E-state index is 14.3. The molecule has 1 aliphatic carbocycles. The standard InChI is InChI=1S/C24H17F2N7O2/c1-23-15-17(30-21(23)34)28-19(29-18(15)31-22(35)24(23)6-7-24)16-13-8-12(25)9-27-20(13)33(32-16)10-11-4-2-3-5-14(11)26/h2-5,8-9H,6-7,10H2,1H3,(H2,28,29,30,31,34,35)/t23-/m1/s1. The molecular weight excluding hydrogens is 456 g/mol. The number of halogens is 2. The normalized spacial score (nSPS) is 21.2. The third kappa shape index (κ3) is 2.49. The number of amides is 2. The summed E-state index contributed by atoms with van der Waals surface area (Å²) in [5.41, 5.74) is -0.393. The Kier molecular flexibility index (Phi) is 3.70. The van der Waals surface area contributed by atoms with Gasteiger partial charge in [-0.05, 0) is 31.9 Å². The van der Waals surface area contributed by atoms with E-state index in [1.165, 1.54) is 16.8 Å². The van der Waals surface area contributed by atoms with Crippen LogP contribution in [0.3, 0.4) is 0 Å². The molecule has 3 aliphatic rings. The molecule has 1 aromatic carbocycles. The number of hydrogen-bond donors (Lipinski definition) is 2. The highest BCUT2D eigenvalue weighted by Gasteiger charge is 2.71. The van der Waals surface area contributed by atoms with Gasteiger partial charge in [-0.25, -0.2) is 28.4 Å². The van der Waals surface area contributed by atoms with Crippen molar-refractivity contribution < 1.29 is 18.4 Å². The zero-order chi connectivity index (χ0) is 24.1. The molecule has 1 atom stereocenters. The van der Waals surface area contributed by atoms with Gasteiger partial charge in [-0.15, -0.1) is 0 Å². The van der Waals surface area contributed by atoms with E-state index >= 15 is 0 Å². The quantitative estimate of drug-likeness (QED) is 0.473. The lowest BCUT2D eigenvalue weighted by Crippen LogP contribution is -2.50. The molecule has 7 rings (SSSR count). The van der Waals surface area contributed by atoms with E-state index in [9.17, 15) is 18.4 Å². The second-order valence-corrected chi connectivity index (χ2v) is 9.36.